The molecule has 3 N–H and O–H groups in total. The third kappa shape index (κ3) is 5.27. The van der Waals surface area contributed by atoms with Crippen LogP contribution >= 0.6 is 0 Å². The van der Waals surface area contributed by atoms with Crippen LogP contribution in [0.15, 0.2) is 77.7 Å². The highest BCUT2D eigenvalue weighted by atomic mass is 32.2. The molecule has 176 valence electrons. The van der Waals surface area contributed by atoms with Gasteiger partial charge in [0.15, 0.2) is 0 Å². The smallest absolute Gasteiger partial charge is 0.247 e. The van der Waals surface area contributed by atoms with Gasteiger partial charge in [-0.1, -0.05) is 42.5 Å². The molecule has 0 aliphatic carbocycles. The second-order valence-electron chi connectivity index (χ2n) is 7.75. The van der Waals surface area contributed by atoms with Gasteiger partial charge in [0.1, 0.15) is 11.8 Å². The number of nitrogens with one attached hydrogen (secondary N) is 3. The molecule has 3 aromatic rings. The highest BCUT2D eigenvalue weighted by Crippen LogP contribution is 2.28. The first-order valence-corrected chi connectivity index (χ1v) is 12.4. The Hall–Kier alpha value is -3.69. The number of rotatable bonds is 8. The summed E-state index contributed by atoms with van der Waals surface area (Å²) >= 11 is 0. The lowest BCUT2D eigenvalue weighted by Gasteiger charge is -2.21. The molecule has 4 rings (SSSR count). The first kappa shape index (κ1) is 23.5. The van der Waals surface area contributed by atoms with Crippen molar-refractivity contribution in [1.29, 1.82) is 0 Å². The van der Waals surface area contributed by atoms with Crippen molar-refractivity contribution in [3.05, 3.63) is 83.9 Å². The predicted octanol–water partition coefficient (Wildman–Crippen LogP) is 3.63. The molecule has 34 heavy (non-hydrogen) atoms. The Kier molecular flexibility index (Phi) is 6.95. The van der Waals surface area contributed by atoms with E-state index in [0.717, 1.165) is 5.56 Å². The summed E-state index contributed by atoms with van der Waals surface area (Å²) in [5.41, 5.74) is 2.26. The molecule has 0 saturated carbocycles. The van der Waals surface area contributed by atoms with Crippen LogP contribution in [0.3, 0.4) is 0 Å². The van der Waals surface area contributed by atoms with Gasteiger partial charge in [-0.25, -0.2) is 8.42 Å². The number of carbonyl (C=O) groups excluding carboxylic acids is 2. The summed E-state index contributed by atoms with van der Waals surface area (Å²) in [6, 6.07) is 18.9. The molecule has 1 atom stereocenters. The summed E-state index contributed by atoms with van der Waals surface area (Å²) in [4.78, 5) is 24.9. The van der Waals surface area contributed by atoms with Gasteiger partial charge < -0.3 is 15.4 Å². The number of ether oxygens (including phenoxy) is 1. The van der Waals surface area contributed by atoms with Gasteiger partial charge in [-0.15, -0.1) is 0 Å². The van der Waals surface area contributed by atoms with Crippen LogP contribution < -0.4 is 20.1 Å². The molecule has 1 heterocycles. The molecular weight excluding hydrogens is 454 g/mol. The number of para-hydroxylation sites is 2. The maximum Gasteiger partial charge on any atom is 0.247 e. The molecule has 3 aromatic carbocycles. The molecule has 9 heteroatoms. The van der Waals surface area contributed by atoms with E-state index in [1.165, 1.54) is 12.1 Å². The fourth-order valence-corrected chi connectivity index (χ4v) is 4.96. The lowest BCUT2D eigenvalue weighted by atomic mass is 10.0. The largest absolute Gasteiger partial charge is 0.492 e. The van der Waals surface area contributed by atoms with E-state index in [9.17, 15) is 18.0 Å². The molecule has 0 radical (unpaired) electrons. The van der Waals surface area contributed by atoms with Crippen molar-refractivity contribution in [3.8, 4) is 5.75 Å². The van der Waals surface area contributed by atoms with E-state index in [4.69, 9.17) is 4.74 Å². The summed E-state index contributed by atoms with van der Waals surface area (Å²) in [6.07, 6.45) is 0.736. The standard InChI is InChI=1S/C25H25N3O5S/c1-2-33-22-11-7-6-10-21(22)27-25(30)24(17-8-4-3-5-9-17)28-34(31,32)19-13-14-20-18(16-19)12-15-23(29)26-20/h3-11,13-14,16,24,28H,2,12,15H2,1H3,(H,26,29)(H,27,30)/t24-/m1/s1. The first-order valence-electron chi connectivity index (χ1n) is 10.9. The van der Waals surface area contributed by atoms with Crippen LogP contribution in [0.25, 0.3) is 0 Å². The number of aryl methyl sites for hydroxylation is 1. The van der Waals surface area contributed by atoms with Crippen molar-refractivity contribution in [1.82, 2.24) is 4.72 Å². The predicted molar refractivity (Wildman–Crippen MR) is 129 cm³/mol. The van der Waals surface area contributed by atoms with Gasteiger partial charge >= 0.3 is 0 Å². The molecule has 0 saturated heterocycles. The Bertz CT molecular complexity index is 1310. The van der Waals surface area contributed by atoms with E-state index in [0.29, 0.717) is 35.7 Å². The van der Waals surface area contributed by atoms with Crippen LogP contribution in [-0.2, 0) is 26.0 Å². The van der Waals surface area contributed by atoms with Gasteiger partial charge in [-0.05, 0) is 54.8 Å². The summed E-state index contributed by atoms with van der Waals surface area (Å²) in [5.74, 6) is -0.161. The average Bonchev–Trinajstić information content (AvgIpc) is 2.84. The normalized spacial score (nSPS) is 14.0. The van der Waals surface area contributed by atoms with E-state index in [2.05, 4.69) is 15.4 Å². The Morgan fingerprint density at radius 1 is 1.03 bits per heavy atom. The van der Waals surface area contributed by atoms with Crippen LogP contribution in [-0.4, -0.2) is 26.8 Å². The van der Waals surface area contributed by atoms with Crippen molar-refractivity contribution in [2.45, 2.75) is 30.7 Å². The van der Waals surface area contributed by atoms with Crippen LogP contribution in [0.4, 0.5) is 11.4 Å². The second-order valence-corrected chi connectivity index (χ2v) is 9.46. The van der Waals surface area contributed by atoms with Gasteiger partial charge in [0.25, 0.3) is 0 Å². The maximum absolute atomic E-state index is 13.3. The first-order chi connectivity index (χ1) is 16.4. The van der Waals surface area contributed by atoms with Crippen LogP contribution in [0.2, 0.25) is 0 Å². The highest BCUT2D eigenvalue weighted by Gasteiger charge is 2.29. The van der Waals surface area contributed by atoms with E-state index in [1.807, 2.05) is 6.92 Å². The third-order valence-electron chi connectivity index (χ3n) is 5.40. The van der Waals surface area contributed by atoms with E-state index < -0.39 is 22.0 Å². The fourth-order valence-electron chi connectivity index (χ4n) is 3.72. The van der Waals surface area contributed by atoms with Crippen molar-refractivity contribution in [3.63, 3.8) is 0 Å². The lowest BCUT2D eigenvalue weighted by molar-refractivity contribution is -0.118. The average molecular weight is 480 g/mol. The van der Waals surface area contributed by atoms with E-state index >= 15 is 0 Å². The minimum atomic E-state index is -4.07. The summed E-state index contributed by atoms with van der Waals surface area (Å²) in [5, 5.41) is 5.52. The van der Waals surface area contributed by atoms with Gasteiger partial charge in [0.2, 0.25) is 21.8 Å². The van der Waals surface area contributed by atoms with Crippen molar-refractivity contribution in [2.24, 2.45) is 0 Å². The Morgan fingerprint density at radius 3 is 2.53 bits per heavy atom. The molecule has 8 nitrogen and oxygen atoms in total. The number of fused-ring (bicyclic) bond motifs is 1. The van der Waals surface area contributed by atoms with Crippen LogP contribution in [0.5, 0.6) is 5.75 Å². The fraction of sp³-hybridized carbons (Fsp3) is 0.200. The van der Waals surface area contributed by atoms with E-state index in [1.54, 1.807) is 60.7 Å². The van der Waals surface area contributed by atoms with Gasteiger partial charge in [0.05, 0.1) is 17.2 Å². The summed E-state index contributed by atoms with van der Waals surface area (Å²) < 4.78 is 34.7. The number of amides is 2. The third-order valence-corrected chi connectivity index (χ3v) is 6.82. The van der Waals surface area contributed by atoms with Crippen LogP contribution in [0, 0.1) is 0 Å². The SMILES string of the molecule is CCOc1ccccc1NC(=O)[C@H](NS(=O)(=O)c1ccc2c(c1)CCC(=O)N2)c1ccccc1. The van der Waals surface area contributed by atoms with Crippen molar-refractivity contribution >= 4 is 33.2 Å². The zero-order valence-electron chi connectivity index (χ0n) is 18.6. The van der Waals surface area contributed by atoms with Crippen molar-refractivity contribution in [2.75, 3.05) is 17.2 Å². The van der Waals surface area contributed by atoms with Gasteiger partial charge in [-0.3, -0.25) is 9.59 Å². The summed E-state index contributed by atoms with van der Waals surface area (Å²) in [6.45, 7) is 2.25. The maximum atomic E-state index is 13.3. The number of anilines is 2. The Balaban J connectivity index is 1.63. The molecule has 1 aliphatic heterocycles. The number of hydrogen-bond donors (Lipinski definition) is 3. The zero-order chi connectivity index (χ0) is 24.1. The number of hydrogen-bond acceptors (Lipinski definition) is 5. The highest BCUT2D eigenvalue weighted by molar-refractivity contribution is 7.89. The molecule has 2 amide bonds. The summed E-state index contributed by atoms with van der Waals surface area (Å²) in [7, 11) is -4.07. The number of carbonyl (C=O) groups is 2. The van der Waals surface area contributed by atoms with Gasteiger partial charge in [-0.2, -0.15) is 4.72 Å². The zero-order valence-corrected chi connectivity index (χ0v) is 19.4. The van der Waals surface area contributed by atoms with Crippen molar-refractivity contribution < 1.29 is 22.7 Å². The molecule has 0 bridgehead atoms. The monoisotopic (exact) mass is 479 g/mol. The molecule has 0 fully saturated rings. The molecular formula is C25H25N3O5S. The lowest BCUT2D eigenvalue weighted by Crippen LogP contribution is -2.37. The minimum absolute atomic E-state index is 0.0193. The number of benzene rings is 3. The topological polar surface area (TPSA) is 114 Å². The van der Waals surface area contributed by atoms with Gasteiger partial charge in [0, 0.05) is 12.1 Å². The molecule has 1 aliphatic rings. The van der Waals surface area contributed by atoms with E-state index in [-0.39, 0.29) is 17.2 Å². The quantitative estimate of drug-likeness (QED) is 0.457. The Morgan fingerprint density at radius 2 is 1.76 bits per heavy atom. The Labute approximate surface area is 198 Å². The molecule has 0 aromatic heterocycles. The number of sulfonamides is 1. The van der Waals surface area contributed by atoms with Crippen LogP contribution in [0.1, 0.15) is 30.5 Å². The molecule has 0 spiro atoms. The molecule has 0 unspecified atom stereocenters. The second kappa shape index (κ2) is 10.1. The minimum Gasteiger partial charge on any atom is -0.492 e.